The van der Waals surface area contributed by atoms with Crippen molar-refractivity contribution in [1.82, 2.24) is 15.5 Å². The molecule has 0 bridgehead atoms. The lowest BCUT2D eigenvalue weighted by Crippen LogP contribution is -2.41. The normalized spacial score (nSPS) is 20.5. The minimum atomic E-state index is 0. The van der Waals surface area contributed by atoms with Crippen molar-refractivity contribution in [3.63, 3.8) is 0 Å². The molecule has 2 aliphatic rings. The number of amides is 1. The first-order chi connectivity index (χ1) is 11.8. The van der Waals surface area contributed by atoms with Crippen molar-refractivity contribution in [3.8, 4) is 0 Å². The molecule has 2 aliphatic heterocycles. The molecular weight excluding hydrogens is 393 g/mol. The number of hydrogen-bond donors (Lipinski definition) is 2. The van der Waals surface area contributed by atoms with Gasteiger partial charge < -0.3 is 15.4 Å². The van der Waals surface area contributed by atoms with E-state index in [-0.39, 0.29) is 30.7 Å². The Labute approximate surface area is 172 Å². The van der Waals surface area contributed by atoms with Crippen LogP contribution in [0.2, 0.25) is 0 Å². The maximum Gasteiger partial charge on any atom is 0.221 e. The van der Waals surface area contributed by atoms with E-state index in [1.165, 1.54) is 11.1 Å². The highest BCUT2D eigenvalue weighted by molar-refractivity contribution is 7.99. The molecule has 1 unspecified atom stereocenters. The van der Waals surface area contributed by atoms with Crippen LogP contribution < -0.4 is 10.6 Å². The minimum Gasteiger partial charge on any atom is -0.379 e. The highest BCUT2D eigenvalue weighted by atomic mass is 35.5. The largest absolute Gasteiger partial charge is 0.379 e. The quantitative estimate of drug-likeness (QED) is 0.735. The summed E-state index contributed by atoms with van der Waals surface area (Å²) in [7, 11) is 0. The summed E-state index contributed by atoms with van der Waals surface area (Å²) in [5.74, 6) is 2.31. The molecule has 8 heteroatoms. The predicted octanol–water partition coefficient (Wildman–Crippen LogP) is 2.07. The number of nitrogens with zero attached hydrogens (tertiary/aromatic N) is 1. The molecule has 1 aromatic rings. The van der Waals surface area contributed by atoms with E-state index in [1.807, 2.05) is 11.8 Å². The van der Waals surface area contributed by atoms with E-state index in [4.69, 9.17) is 4.74 Å². The number of halogens is 2. The summed E-state index contributed by atoms with van der Waals surface area (Å²) in [4.78, 5) is 14.5. The van der Waals surface area contributed by atoms with Gasteiger partial charge in [0.25, 0.3) is 0 Å². The number of thioether (sulfide) groups is 1. The van der Waals surface area contributed by atoms with Gasteiger partial charge in [-0.15, -0.1) is 24.8 Å². The summed E-state index contributed by atoms with van der Waals surface area (Å²) >= 11 is 1.92. The number of hydrogen-bond acceptors (Lipinski definition) is 5. The van der Waals surface area contributed by atoms with Gasteiger partial charge in [-0.1, -0.05) is 24.3 Å². The molecule has 0 saturated carbocycles. The predicted molar refractivity (Wildman–Crippen MR) is 113 cm³/mol. The van der Waals surface area contributed by atoms with Gasteiger partial charge in [0.1, 0.15) is 0 Å². The zero-order valence-electron chi connectivity index (χ0n) is 14.9. The van der Waals surface area contributed by atoms with Crippen molar-refractivity contribution in [3.05, 3.63) is 35.4 Å². The highest BCUT2D eigenvalue weighted by Gasteiger charge is 2.16. The average Bonchev–Trinajstić information content (AvgIpc) is 2.62. The fourth-order valence-corrected chi connectivity index (χ4v) is 4.05. The van der Waals surface area contributed by atoms with Gasteiger partial charge in [0.05, 0.1) is 13.2 Å². The third-order valence-corrected chi connectivity index (χ3v) is 5.55. The highest BCUT2D eigenvalue weighted by Crippen LogP contribution is 2.12. The maximum atomic E-state index is 12.1. The van der Waals surface area contributed by atoms with Crippen LogP contribution in [0.15, 0.2) is 24.3 Å². The molecular formula is C18H29Cl2N3O2S. The molecule has 1 aromatic carbocycles. The van der Waals surface area contributed by atoms with E-state index in [9.17, 15) is 4.79 Å². The first-order valence-electron chi connectivity index (χ1n) is 8.75. The molecule has 1 amide bonds. The fraction of sp³-hybridized carbons (Fsp3) is 0.611. The van der Waals surface area contributed by atoms with Gasteiger partial charge in [0.2, 0.25) is 5.91 Å². The molecule has 26 heavy (non-hydrogen) atoms. The van der Waals surface area contributed by atoms with Crippen LogP contribution in [-0.2, 0) is 22.6 Å². The van der Waals surface area contributed by atoms with Crippen LogP contribution in [0.1, 0.15) is 17.5 Å². The van der Waals surface area contributed by atoms with E-state index in [2.05, 4.69) is 39.8 Å². The van der Waals surface area contributed by atoms with Gasteiger partial charge in [-0.05, 0) is 11.1 Å². The third kappa shape index (κ3) is 8.03. The molecule has 2 saturated heterocycles. The SMILES string of the molecule is Cl.Cl.O=C(CC1CSCCN1)NCc1cccc(CN2CCOCC2)c1. The summed E-state index contributed by atoms with van der Waals surface area (Å²) in [6.07, 6.45) is 0.570. The van der Waals surface area contributed by atoms with Crippen LogP contribution in [0.5, 0.6) is 0 Å². The number of ether oxygens (including phenoxy) is 1. The Morgan fingerprint density at radius 2 is 2.04 bits per heavy atom. The summed E-state index contributed by atoms with van der Waals surface area (Å²) in [5, 5.41) is 6.46. The van der Waals surface area contributed by atoms with Gasteiger partial charge >= 0.3 is 0 Å². The van der Waals surface area contributed by atoms with E-state index >= 15 is 0 Å². The Morgan fingerprint density at radius 3 is 2.77 bits per heavy atom. The maximum absolute atomic E-state index is 12.1. The van der Waals surface area contributed by atoms with Crippen LogP contribution in [-0.4, -0.2) is 61.2 Å². The van der Waals surface area contributed by atoms with Crippen molar-refractivity contribution >= 4 is 42.5 Å². The van der Waals surface area contributed by atoms with Crippen LogP contribution in [0.4, 0.5) is 0 Å². The second kappa shape index (κ2) is 12.8. The molecule has 0 spiro atoms. The molecule has 2 N–H and O–H groups in total. The summed E-state index contributed by atoms with van der Waals surface area (Å²) in [5.41, 5.74) is 2.47. The van der Waals surface area contributed by atoms with Crippen LogP contribution in [0.25, 0.3) is 0 Å². The zero-order valence-corrected chi connectivity index (χ0v) is 17.4. The Morgan fingerprint density at radius 1 is 1.27 bits per heavy atom. The number of carbonyl (C=O) groups is 1. The number of nitrogens with one attached hydrogen (secondary N) is 2. The Kier molecular flexibility index (Phi) is 11.6. The lowest BCUT2D eigenvalue weighted by molar-refractivity contribution is -0.121. The molecule has 0 aliphatic carbocycles. The Bertz CT molecular complexity index is 539. The van der Waals surface area contributed by atoms with Crippen LogP contribution in [0, 0.1) is 0 Å². The summed E-state index contributed by atoms with van der Waals surface area (Å²) < 4.78 is 5.39. The van der Waals surface area contributed by atoms with Crippen LogP contribution >= 0.6 is 36.6 Å². The van der Waals surface area contributed by atoms with Gasteiger partial charge in [-0.2, -0.15) is 11.8 Å². The van der Waals surface area contributed by atoms with Gasteiger partial charge in [-0.25, -0.2) is 0 Å². The molecule has 3 rings (SSSR count). The first kappa shape index (κ1) is 23.5. The van der Waals surface area contributed by atoms with Gasteiger partial charge in [0.15, 0.2) is 0 Å². The second-order valence-electron chi connectivity index (χ2n) is 6.42. The average molecular weight is 422 g/mol. The second-order valence-corrected chi connectivity index (χ2v) is 7.57. The number of benzene rings is 1. The topological polar surface area (TPSA) is 53.6 Å². The Balaban J connectivity index is 0.00000169. The fourth-order valence-electron chi connectivity index (χ4n) is 3.10. The van der Waals surface area contributed by atoms with Crippen molar-refractivity contribution in [2.24, 2.45) is 0 Å². The standard InChI is InChI=1S/C18H27N3O2S.2ClH/c22-18(11-17-14-24-9-4-19-17)20-12-15-2-1-3-16(10-15)13-21-5-7-23-8-6-21;;/h1-3,10,17,19H,4-9,11-14H2,(H,20,22);2*1H. The number of rotatable bonds is 6. The lowest BCUT2D eigenvalue weighted by Gasteiger charge is -2.26. The molecule has 2 fully saturated rings. The van der Waals surface area contributed by atoms with Crippen molar-refractivity contribution in [2.45, 2.75) is 25.6 Å². The summed E-state index contributed by atoms with van der Waals surface area (Å²) in [6.45, 7) is 6.20. The van der Waals surface area contributed by atoms with E-state index < -0.39 is 0 Å². The minimum absolute atomic E-state index is 0. The van der Waals surface area contributed by atoms with Crippen LogP contribution in [0.3, 0.4) is 0 Å². The van der Waals surface area contributed by atoms with Crippen molar-refractivity contribution < 1.29 is 9.53 Å². The molecule has 5 nitrogen and oxygen atoms in total. The summed E-state index contributed by atoms with van der Waals surface area (Å²) in [6, 6.07) is 8.83. The van der Waals surface area contributed by atoms with E-state index in [0.717, 1.165) is 50.9 Å². The molecule has 1 atom stereocenters. The molecule has 0 aromatic heterocycles. The molecule has 2 heterocycles. The van der Waals surface area contributed by atoms with Crippen molar-refractivity contribution in [1.29, 1.82) is 0 Å². The first-order valence-corrected chi connectivity index (χ1v) is 9.91. The molecule has 0 radical (unpaired) electrons. The third-order valence-electron chi connectivity index (χ3n) is 4.42. The smallest absolute Gasteiger partial charge is 0.221 e. The monoisotopic (exact) mass is 421 g/mol. The van der Waals surface area contributed by atoms with Crippen molar-refractivity contribution in [2.75, 3.05) is 44.4 Å². The zero-order chi connectivity index (χ0) is 16.6. The number of morpholine rings is 1. The molecule has 148 valence electrons. The lowest BCUT2D eigenvalue weighted by atomic mass is 10.1. The van der Waals surface area contributed by atoms with Gasteiger partial charge in [-0.3, -0.25) is 9.69 Å². The Hall–Kier alpha value is -0.500. The van der Waals surface area contributed by atoms with E-state index in [0.29, 0.717) is 19.0 Å². The van der Waals surface area contributed by atoms with Gasteiger partial charge in [0, 0.05) is 56.7 Å². The number of carbonyl (C=O) groups excluding carboxylic acids is 1. The van der Waals surface area contributed by atoms with E-state index in [1.54, 1.807) is 0 Å².